The molecule has 0 amide bonds. The van der Waals surface area contributed by atoms with E-state index >= 15 is 0 Å². The maximum absolute atomic E-state index is 6.54. The highest BCUT2D eigenvalue weighted by Gasteiger charge is 2.71. The highest BCUT2D eigenvalue weighted by Crippen LogP contribution is 2.64. The van der Waals surface area contributed by atoms with Crippen LogP contribution in [0, 0.1) is 5.41 Å². The van der Waals surface area contributed by atoms with Crippen LogP contribution in [-0.2, 0) is 13.9 Å². The van der Waals surface area contributed by atoms with Gasteiger partial charge in [0.2, 0.25) is 8.32 Å². The van der Waals surface area contributed by atoms with Gasteiger partial charge in [0.25, 0.3) is 0 Å². The van der Waals surface area contributed by atoms with Gasteiger partial charge in [0.15, 0.2) is 0 Å². The van der Waals surface area contributed by atoms with E-state index in [0.29, 0.717) is 0 Å². The van der Waals surface area contributed by atoms with Crippen LogP contribution in [0.3, 0.4) is 0 Å². The van der Waals surface area contributed by atoms with Crippen LogP contribution in [0.5, 0.6) is 0 Å². The zero-order valence-corrected chi connectivity index (χ0v) is 15.3. The van der Waals surface area contributed by atoms with E-state index in [1.54, 1.807) is 6.26 Å². The second kappa shape index (κ2) is 4.70. The Morgan fingerprint density at radius 3 is 2.36 bits per heavy atom. The van der Waals surface area contributed by atoms with E-state index in [-0.39, 0.29) is 16.6 Å². The van der Waals surface area contributed by atoms with Crippen LogP contribution in [0.25, 0.3) is 0 Å². The van der Waals surface area contributed by atoms with Crippen LogP contribution in [0.2, 0.25) is 18.1 Å². The van der Waals surface area contributed by atoms with Crippen LogP contribution in [-0.4, -0.2) is 14.3 Å². The van der Waals surface area contributed by atoms with Crippen molar-refractivity contribution in [1.82, 2.24) is 0 Å². The average Bonchev–Trinajstić information content (AvgIpc) is 2.65. The zero-order chi connectivity index (χ0) is 16.2. The molecule has 1 aromatic carbocycles. The molecular weight excluding hydrogens is 292 g/mol. The Hall–Kier alpha value is -1.10. The van der Waals surface area contributed by atoms with E-state index in [0.717, 1.165) is 5.56 Å². The minimum Gasteiger partial charge on any atom is -0.447 e. The fourth-order valence-corrected chi connectivity index (χ4v) is 4.10. The molecule has 1 saturated heterocycles. The maximum Gasteiger partial charge on any atom is 0.329 e. The summed E-state index contributed by atoms with van der Waals surface area (Å²) in [5, 5.41) is 0.107. The summed E-state index contributed by atoms with van der Waals surface area (Å²) in [7, 11) is -2.00. The molecular formula is C18H26O3Si. The van der Waals surface area contributed by atoms with E-state index in [1.165, 1.54) is 0 Å². The van der Waals surface area contributed by atoms with Gasteiger partial charge in [-0.1, -0.05) is 51.1 Å². The molecule has 0 spiro atoms. The van der Waals surface area contributed by atoms with Gasteiger partial charge < -0.3 is 13.9 Å². The van der Waals surface area contributed by atoms with Gasteiger partial charge in [0.05, 0.1) is 6.26 Å². The predicted octanol–water partition coefficient (Wildman–Crippen LogP) is 4.98. The van der Waals surface area contributed by atoms with Crippen molar-refractivity contribution in [1.29, 1.82) is 0 Å². The Morgan fingerprint density at radius 1 is 1.14 bits per heavy atom. The van der Waals surface area contributed by atoms with Crippen molar-refractivity contribution < 1.29 is 13.9 Å². The van der Waals surface area contributed by atoms with Crippen molar-refractivity contribution in [2.45, 2.75) is 57.9 Å². The first-order valence-electron chi connectivity index (χ1n) is 7.90. The minimum atomic E-state index is -2.00. The summed E-state index contributed by atoms with van der Waals surface area (Å²) >= 11 is 0. The van der Waals surface area contributed by atoms with E-state index in [4.69, 9.17) is 13.9 Å². The molecule has 0 N–H and O–H groups in total. The maximum atomic E-state index is 6.54. The molecule has 3 atom stereocenters. The lowest BCUT2D eigenvalue weighted by Crippen LogP contribution is -2.66. The molecule has 4 heteroatoms. The second-order valence-corrected chi connectivity index (χ2v) is 12.8. The van der Waals surface area contributed by atoms with Gasteiger partial charge in [-0.2, -0.15) is 0 Å². The van der Waals surface area contributed by atoms with Gasteiger partial charge in [0.1, 0.15) is 11.5 Å². The monoisotopic (exact) mass is 318 g/mol. The molecule has 2 heterocycles. The first kappa shape index (κ1) is 15.8. The van der Waals surface area contributed by atoms with E-state index < -0.39 is 14.3 Å². The first-order valence-corrected chi connectivity index (χ1v) is 10.8. The Balaban J connectivity index is 1.88. The summed E-state index contributed by atoms with van der Waals surface area (Å²) in [6.07, 6.45) is 3.79. The first-order chi connectivity index (χ1) is 10.1. The topological polar surface area (TPSA) is 27.7 Å². The molecule has 0 radical (unpaired) electrons. The lowest BCUT2D eigenvalue weighted by molar-refractivity contribution is -0.472. The highest BCUT2D eigenvalue weighted by molar-refractivity contribution is 6.74. The molecule has 0 aromatic heterocycles. The number of hydrogen-bond donors (Lipinski definition) is 0. The fraction of sp³-hybridized carbons (Fsp3) is 0.556. The van der Waals surface area contributed by atoms with Gasteiger partial charge in [-0.15, -0.1) is 0 Å². The van der Waals surface area contributed by atoms with Gasteiger partial charge >= 0.3 is 5.97 Å². The lowest BCUT2D eigenvalue weighted by Gasteiger charge is -2.58. The lowest BCUT2D eigenvalue weighted by atomic mass is 9.74. The molecule has 0 aliphatic carbocycles. The van der Waals surface area contributed by atoms with E-state index in [9.17, 15) is 0 Å². The van der Waals surface area contributed by atoms with Crippen LogP contribution in [0.4, 0.5) is 0 Å². The third kappa shape index (κ3) is 2.08. The molecule has 1 aromatic rings. The Morgan fingerprint density at radius 2 is 1.77 bits per heavy atom. The molecule has 3 nitrogen and oxygen atoms in total. The molecule has 0 saturated carbocycles. The van der Waals surface area contributed by atoms with Crippen LogP contribution in [0.15, 0.2) is 42.7 Å². The molecule has 1 fully saturated rings. The van der Waals surface area contributed by atoms with Crippen molar-refractivity contribution in [2.75, 3.05) is 0 Å². The number of fused-ring (bicyclic) bond motifs is 1. The van der Waals surface area contributed by atoms with E-state index in [1.807, 2.05) is 18.2 Å². The van der Waals surface area contributed by atoms with Crippen LogP contribution in [0.1, 0.15) is 39.4 Å². The summed E-state index contributed by atoms with van der Waals surface area (Å²) in [6.45, 7) is 13.3. The molecule has 120 valence electrons. The highest BCUT2D eigenvalue weighted by atomic mass is 28.4. The minimum absolute atomic E-state index is 0.0304. The second-order valence-electron chi connectivity index (χ2n) is 8.03. The van der Waals surface area contributed by atoms with Gasteiger partial charge in [-0.25, -0.2) is 0 Å². The quantitative estimate of drug-likeness (QED) is 0.735. The van der Waals surface area contributed by atoms with Crippen LogP contribution >= 0.6 is 0 Å². The van der Waals surface area contributed by atoms with Crippen molar-refractivity contribution >= 4 is 8.32 Å². The van der Waals surface area contributed by atoms with Crippen molar-refractivity contribution in [3.05, 3.63) is 48.2 Å². The van der Waals surface area contributed by atoms with Crippen molar-refractivity contribution in [3.63, 3.8) is 0 Å². The molecule has 2 aliphatic heterocycles. The van der Waals surface area contributed by atoms with Crippen molar-refractivity contribution in [2.24, 2.45) is 5.41 Å². The smallest absolute Gasteiger partial charge is 0.329 e. The fourth-order valence-electron chi connectivity index (χ4n) is 2.81. The largest absolute Gasteiger partial charge is 0.447 e. The average molecular weight is 318 g/mol. The molecule has 0 unspecified atom stereocenters. The standard InChI is InChI=1S/C18H26O3Si/c1-16(2,3)22(5,6)21-18-17(4,12-13-19-18)15(20-18)14-10-8-7-9-11-14/h7-13,15H,1-6H3/t15-,17-,18-/m0/s1. The predicted molar refractivity (Wildman–Crippen MR) is 89.6 cm³/mol. The number of benzene rings is 1. The summed E-state index contributed by atoms with van der Waals surface area (Å²) < 4.78 is 18.6. The third-order valence-electron chi connectivity index (χ3n) is 5.41. The van der Waals surface area contributed by atoms with Gasteiger partial charge in [-0.05, 0) is 36.7 Å². The Labute approximate surface area is 134 Å². The third-order valence-corrected chi connectivity index (χ3v) is 9.80. The summed E-state index contributed by atoms with van der Waals surface area (Å²) in [4.78, 5) is 0. The summed E-state index contributed by atoms with van der Waals surface area (Å²) in [5.74, 6) is -0.962. The Bertz CT molecular complexity index is 590. The summed E-state index contributed by atoms with van der Waals surface area (Å²) in [5.41, 5.74) is 0.874. The number of hydrogen-bond acceptors (Lipinski definition) is 3. The number of rotatable bonds is 3. The van der Waals surface area contributed by atoms with E-state index in [2.05, 4.69) is 59.0 Å². The van der Waals surface area contributed by atoms with Crippen molar-refractivity contribution in [3.8, 4) is 0 Å². The molecule has 0 bridgehead atoms. The SMILES string of the molecule is CC(C)(C)[Si](C)(C)O[C@]12OC=C[C@@]1(C)[C@H](c1ccccc1)O2. The molecule has 3 rings (SSSR count). The Kier molecular flexibility index (Phi) is 3.37. The molecule has 2 aliphatic rings. The van der Waals surface area contributed by atoms with Gasteiger partial charge in [0, 0.05) is 0 Å². The summed E-state index contributed by atoms with van der Waals surface area (Å²) in [6, 6.07) is 10.3. The van der Waals surface area contributed by atoms with Gasteiger partial charge in [-0.3, -0.25) is 0 Å². The van der Waals surface area contributed by atoms with Crippen LogP contribution < -0.4 is 0 Å². The normalized spacial score (nSPS) is 34.0. The molecule has 22 heavy (non-hydrogen) atoms. The number of ether oxygens (including phenoxy) is 2. The zero-order valence-electron chi connectivity index (χ0n) is 14.3.